The van der Waals surface area contributed by atoms with Crippen LogP contribution in [0.3, 0.4) is 0 Å². The van der Waals surface area contributed by atoms with E-state index in [-0.39, 0.29) is 24.0 Å². The molecule has 1 unspecified atom stereocenters. The van der Waals surface area contributed by atoms with Gasteiger partial charge >= 0.3 is 5.97 Å². The smallest absolute Gasteiger partial charge is 0.307 e. The summed E-state index contributed by atoms with van der Waals surface area (Å²) in [4.78, 5) is 34.3. The minimum absolute atomic E-state index is 0.0235. The van der Waals surface area contributed by atoms with Crippen molar-refractivity contribution in [3.05, 3.63) is 52.8 Å². The van der Waals surface area contributed by atoms with Crippen molar-refractivity contribution in [2.75, 3.05) is 0 Å². The van der Waals surface area contributed by atoms with Crippen molar-refractivity contribution >= 4 is 17.7 Å². The standard InChI is InChI=1S/C16H14N2O4/c1-9(19)18-5-4-14(17-18)12-8-15(20)13-6-10(7-16(21)22)2-3-11(12)13/h2-6,12H,7-8H2,1H3,(H,21,22). The number of carboxylic acid groups (broad SMARTS) is 1. The molecule has 6 heteroatoms. The number of nitrogens with zero attached hydrogens (tertiary/aromatic N) is 2. The first-order valence-electron chi connectivity index (χ1n) is 6.90. The van der Waals surface area contributed by atoms with Gasteiger partial charge in [0.2, 0.25) is 5.91 Å². The molecule has 112 valence electrons. The maximum Gasteiger partial charge on any atom is 0.307 e. The van der Waals surface area contributed by atoms with E-state index < -0.39 is 5.97 Å². The van der Waals surface area contributed by atoms with Crippen LogP contribution in [0.15, 0.2) is 30.5 Å². The largest absolute Gasteiger partial charge is 0.481 e. The molecule has 1 N–H and O–H groups in total. The van der Waals surface area contributed by atoms with Crippen LogP contribution in [0, 0.1) is 0 Å². The number of carbonyl (C=O) groups excluding carboxylic acids is 2. The Morgan fingerprint density at radius 3 is 2.77 bits per heavy atom. The number of Topliss-reactive ketones (excluding diaryl/α,β-unsaturated/α-hetero) is 1. The third-order valence-corrected chi connectivity index (χ3v) is 3.83. The number of aromatic nitrogens is 2. The van der Waals surface area contributed by atoms with Crippen molar-refractivity contribution in [3.63, 3.8) is 0 Å². The van der Waals surface area contributed by atoms with Crippen molar-refractivity contribution in [3.8, 4) is 0 Å². The molecule has 0 saturated carbocycles. The summed E-state index contributed by atoms with van der Waals surface area (Å²) in [6.07, 6.45) is 1.77. The fraction of sp³-hybridized carbons (Fsp3) is 0.250. The molecule has 0 bridgehead atoms. The number of ketones is 1. The van der Waals surface area contributed by atoms with Gasteiger partial charge in [0.05, 0.1) is 12.1 Å². The monoisotopic (exact) mass is 298 g/mol. The molecule has 1 heterocycles. The van der Waals surface area contributed by atoms with Gasteiger partial charge in [-0.2, -0.15) is 5.10 Å². The highest BCUT2D eigenvalue weighted by molar-refractivity contribution is 6.02. The molecule has 1 aromatic heterocycles. The molecule has 0 aliphatic heterocycles. The highest BCUT2D eigenvalue weighted by Crippen LogP contribution is 2.37. The SMILES string of the molecule is CC(=O)n1ccc(C2CC(=O)c3cc(CC(=O)O)ccc32)n1. The Hall–Kier alpha value is -2.76. The molecule has 22 heavy (non-hydrogen) atoms. The molecule has 1 aromatic carbocycles. The number of rotatable bonds is 3. The van der Waals surface area contributed by atoms with Crippen LogP contribution in [0.2, 0.25) is 0 Å². The van der Waals surface area contributed by atoms with E-state index in [0.29, 0.717) is 23.2 Å². The van der Waals surface area contributed by atoms with Crippen molar-refractivity contribution in [1.82, 2.24) is 9.78 Å². The van der Waals surface area contributed by atoms with Crippen molar-refractivity contribution in [2.45, 2.75) is 25.7 Å². The third kappa shape index (κ3) is 2.43. The van der Waals surface area contributed by atoms with E-state index in [0.717, 1.165) is 5.56 Å². The lowest BCUT2D eigenvalue weighted by Crippen LogP contribution is -2.07. The van der Waals surface area contributed by atoms with Crippen molar-refractivity contribution in [2.24, 2.45) is 0 Å². The molecular weight excluding hydrogens is 284 g/mol. The zero-order chi connectivity index (χ0) is 15.9. The maximum atomic E-state index is 12.2. The van der Waals surface area contributed by atoms with Crippen LogP contribution in [0.5, 0.6) is 0 Å². The normalized spacial score (nSPS) is 16.6. The van der Waals surface area contributed by atoms with E-state index in [2.05, 4.69) is 5.10 Å². The maximum absolute atomic E-state index is 12.2. The summed E-state index contributed by atoms with van der Waals surface area (Å²) in [7, 11) is 0. The number of aliphatic carboxylic acids is 1. The summed E-state index contributed by atoms with van der Waals surface area (Å²) < 4.78 is 1.25. The first kappa shape index (κ1) is 14.2. The quantitative estimate of drug-likeness (QED) is 0.934. The summed E-state index contributed by atoms with van der Waals surface area (Å²) in [5, 5.41) is 13.1. The summed E-state index contributed by atoms with van der Waals surface area (Å²) >= 11 is 0. The summed E-state index contributed by atoms with van der Waals surface area (Å²) in [6, 6.07) is 6.89. The predicted octanol–water partition coefficient (Wildman–Crippen LogP) is 1.89. The van der Waals surface area contributed by atoms with Crippen LogP contribution < -0.4 is 0 Å². The van der Waals surface area contributed by atoms with Gasteiger partial charge in [0, 0.05) is 31.0 Å². The number of carbonyl (C=O) groups is 3. The Morgan fingerprint density at radius 2 is 2.14 bits per heavy atom. The first-order valence-corrected chi connectivity index (χ1v) is 6.90. The lowest BCUT2D eigenvalue weighted by atomic mass is 9.96. The van der Waals surface area contributed by atoms with Crippen LogP contribution in [-0.4, -0.2) is 32.5 Å². The van der Waals surface area contributed by atoms with Gasteiger partial charge < -0.3 is 5.11 Å². The minimum atomic E-state index is -0.929. The summed E-state index contributed by atoms with van der Waals surface area (Å²) in [5.41, 5.74) is 2.68. The Kier molecular flexibility index (Phi) is 3.36. The Bertz CT molecular complexity index is 791. The molecule has 0 fully saturated rings. The zero-order valence-corrected chi connectivity index (χ0v) is 11.9. The van der Waals surface area contributed by atoms with Crippen molar-refractivity contribution in [1.29, 1.82) is 0 Å². The molecule has 6 nitrogen and oxygen atoms in total. The van der Waals surface area contributed by atoms with Gasteiger partial charge in [0.25, 0.3) is 0 Å². The number of benzene rings is 1. The van der Waals surface area contributed by atoms with Crippen molar-refractivity contribution < 1.29 is 19.5 Å². The van der Waals surface area contributed by atoms with Gasteiger partial charge in [0.1, 0.15) is 0 Å². The van der Waals surface area contributed by atoms with Gasteiger partial charge in [-0.15, -0.1) is 0 Å². The summed E-state index contributed by atoms with van der Waals surface area (Å²) in [5.74, 6) is -1.32. The van der Waals surface area contributed by atoms with Crippen LogP contribution in [0.4, 0.5) is 0 Å². The fourth-order valence-corrected chi connectivity index (χ4v) is 2.80. The highest BCUT2D eigenvalue weighted by Gasteiger charge is 2.32. The Balaban J connectivity index is 1.96. The molecule has 1 atom stereocenters. The number of hydrogen-bond donors (Lipinski definition) is 1. The lowest BCUT2D eigenvalue weighted by Gasteiger charge is -2.08. The molecule has 1 aliphatic rings. The predicted molar refractivity (Wildman–Crippen MR) is 77.1 cm³/mol. The minimum Gasteiger partial charge on any atom is -0.481 e. The van der Waals surface area contributed by atoms with E-state index in [1.54, 1.807) is 30.5 Å². The second-order valence-corrected chi connectivity index (χ2v) is 5.38. The first-order chi connectivity index (χ1) is 10.5. The van der Waals surface area contributed by atoms with E-state index in [4.69, 9.17) is 5.11 Å². The van der Waals surface area contributed by atoms with E-state index >= 15 is 0 Å². The zero-order valence-electron chi connectivity index (χ0n) is 11.9. The average molecular weight is 298 g/mol. The van der Waals surface area contributed by atoms with Crippen LogP contribution in [0.25, 0.3) is 0 Å². The molecule has 0 amide bonds. The average Bonchev–Trinajstić information content (AvgIpc) is 3.04. The molecule has 0 radical (unpaired) electrons. The van der Waals surface area contributed by atoms with Gasteiger partial charge in [0.15, 0.2) is 5.78 Å². The van der Waals surface area contributed by atoms with Crippen LogP contribution in [-0.2, 0) is 11.2 Å². The van der Waals surface area contributed by atoms with Crippen LogP contribution >= 0.6 is 0 Å². The topological polar surface area (TPSA) is 89.3 Å². The molecular formula is C16H14N2O4. The molecule has 1 aliphatic carbocycles. The van der Waals surface area contributed by atoms with E-state index in [9.17, 15) is 14.4 Å². The number of fused-ring (bicyclic) bond motifs is 1. The van der Waals surface area contributed by atoms with Gasteiger partial charge in [-0.1, -0.05) is 12.1 Å². The number of hydrogen-bond acceptors (Lipinski definition) is 4. The third-order valence-electron chi connectivity index (χ3n) is 3.83. The fourth-order valence-electron chi connectivity index (χ4n) is 2.80. The van der Waals surface area contributed by atoms with Gasteiger partial charge in [-0.25, -0.2) is 4.68 Å². The molecule has 3 rings (SSSR count). The Labute approximate surface area is 126 Å². The van der Waals surface area contributed by atoms with Gasteiger partial charge in [-0.05, 0) is 23.3 Å². The summed E-state index contributed by atoms with van der Waals surface area (Å²) in [6.45, 7) is 1.42. The Morgan fingerprint density at radius 1 is 1.36 bits per heavy atom. The molecule has 2 aromatic rings. The molecule has 0 spiro atoms. The van der Waals surface area contributed by atoms with E-state index in [1.807, 2.05) is 0 Å². The molecule has 0 saturated heterocycles. The van der Waals surface area contributed by atoms with E-state index in [1.165, 1.54) is 11.6 Å². The number of carboxylic acids is 1. The second-order valence-electron chi connectivity index (χ2n) is 5.38. The second kappa shape index (κ2) is 5.22. The highest BCUT2D eigenvalue weighted by atomic mass is 16.4. The van der Waals surface area contributed by atoms with Gasteiger partial charge in [-0.3, -0.25) is 14.4 Å². The van der Waals surface area contributed by atoms with Crippen LogP contribution in [0.1, 0.15) is 51.2 Å². The lowest BCUT2D eigenvalue weighted by molar-refractivity contribution is -0.136.